The van der Waals surface area contributed by atoms with Crippen LogP contribution in [0.15, 0.2) is 12.4 Å². The van der Waals surface area contributed by atoms with Crippen molar-refractivity contribution in [2.75, 3.05) is 33.4 Å². The Hall–Kier alpha value is -1.07. The summed E-state index contributed by atoms with van der Waals surface area (Å²) in [5.41, 5.74) is 0. The highest BCUT2D eigenvalue weighted by atomic mass is 16.5. The maximum Gasteiger partial charge on any atom is 0.157 e. The number of hydrogen-bond donors (Lipinski definition) is 0. The SMILES string of the molecule is CC(C)n1cc(OCC2CN(C)CCO2)cn1. The molecule has 1 aromatic rings. The van der Waals surface area contributed by atoms with Crippen LogP contribution in [0, 0.1) is 0 Å². The molecule has 0 saturated carbocycles. The van der Waals surface area contributed by atoms with Crippen molar-refractivity contribution in [3.8, 4) is 5.75 Å². The van der Waals surface area contributed by atoms with E-state index in [4.69, 9.17) is 9.47 Å². The molecule has 1 fully saturated rings. The fourth-order valence-corrected chi connectivity index (χ4v) is 1.83. The Morgan fingerprint density at radius 2 is 2.41 bits per heavy atom. The summed E-state index contributed by atoms with van der Waals surface area (Å²) in [6.45, 7) is 7.50. The monoisotopic (exact) mass is 239 g/mol. The fraction of sp³-hybridized carbons (Fsp3) is 0.750. The second-order valence-corrected chi connectivity index (χ2v) is 4.82. The molecule has 0 bridgehead atoms. The van der Waals surface area contributed by atoms with Gasteiger partial charge in [0, 0.05) is 19.1 Å². The lowest BCUT2D eigenvalue weighted by Gasteiger charge is -2.29. The summed E-state index contributed by atoms with van der Waals surface area (Å²) in [7, 11) is 2.10. The van der Waals surface area contributed by atoms with Gasteiger partial charge >= 0.3 is 0 Å². The normalized spacial score (nSPS) is 22.0. The van der Waals surface area contributed by atoms with E-state index < -0.39 is 0 Å². The quantitative estimate of drug-likeness (QED) is 0.791. The molecule has 0 amide bonds. The van der Waals surface area contributed by atoms with Crippen molar-refractivity contribution in [2.24, 2.45) is 0 Å². The molecule has 0 spiro atoms. The molecule has 0 N–H and O–H groups in total. The zero-order valence-electron chi connectivity index (χ0n) is 10.8. The molecule has 1 atom stereocenters. The summed E-state index contributed by atoms with van der Waals surface area (Å²) in [5, 5.41) is 4.23. The number of ether oxygens (including phenoxy) is 2. The predicted molar refractivity (Wildman–Crippen MR) is 65.3 cm³/mol. The van der Waals surface area contributed by atoms with Gasteiger partial charge in [0.25, 0.3) is 0 Å². The molecule has 2 rings (SSSR count). The zero-order chi connectivity index (χ0) is 12.3. The van der Waals surface area contributed by atoms with E-state index in [1.54, 1.807) is 6.20 Å². The van der Waals surface area contributed by atoms with Crippen LogP contribution in [0.5, 0.6) is 5.75 Å². The van der Waals surface area contributed by atoms with Crippen LogP contribution >= 0.6 is 0 Å². The molecule has 1 aliphatic heterocycles. The summed E-state index contributed by atoms with van der Waals surface area (Å²) < 4.78 is 13.2. The van der Waals surface area contributed by atoms with E-state index in [0.29, 0.717) is 12.6 Å². The number of nitrogens with zero attached hydrogens (tertiary/aromatic N) is 3. The first-order valence-corrected chi connectivity index (χ1v) is 6.12. The topological polar surface area (TPSA) is 39.5 Å². The van der Waals surface area contributed by atoms with Crippen molar-refractivity contribution in [2.45, 2.75) is 26.0 Å². The van der Waals surface area contributed by atoms with Gasteiger partial charge in [-0.2, -0.15) is 5.10 Å². The minimum atomic E-state index is 0.163. The third-order valence-electron chi connectivity index (χ3n) is 2.88. The van der Waals surface area contributed by atoms with Crippen molar-refractivity contribution < 1.29 is 9.47 Å². The zero-order valence-corrected chi connectivity index (χ0v) is 10.8. The molecule has 5 nitrogen and oxygen atoms in total. The number of morpholine rings is 1. The van der Waals surface area contributed by atoms with Gasteiger partial charge in [0.05, 0.1) is 19.0 Å². The third kappa shape index (κ3) is 3.44. The van der Waals surface area contributed by atoms with Crippen LogP contribution in [-0.4, -0.2) is 54.1 Å². The third-order valence-corrected chi connectivity index (χ3v) is 2.88. The Balaban J connectivity index is 1.80. The molecular formula is C12H21N3O2. The molecule has 0 aliphatic carbocycles. The van der Waals surface area contributed by atoms with Crippen LogP contribution < -0.4 is 4.74 Å². The highest BCUT2D eigenvalue weighted by Crippen LogP contribution is 2.13. The van der Waals surface area contributed by atoms with Crippen LogP contribution in [0.3, 0.4) is 0 Å². The van der Waals surface area contributed by atoms with Crippen LogP contribution in [-0.2, 0) is 4.74 Å². The lowest BCUT2D eigenvalue weighted by molar-refractivity contribution is -0.0403. The molecule has 0 aromatic carbocycles. The Labute approximate surface area is 102 Å². The number of rotatable bonds is 4. The minimum absolute atomic E-state index is 0.163. The predicted octanol–water partition coefficient (Wildman–Crippen LogP) is 1.17. The number of likely N-dealkylation sites (N-methyl/N-ethyl adjacent to an activating group) is 1. The lowest BCUT2D eigenvalue weighted by Crippen LogP contribution is -2.42. The molecular weight excluding hydrogens is 218 g/mol. The van der Waals surface area contributed by atoms with E-state index in [9.17, 15) is 0 Å². The van der Waals surface area contributed by atoms with Crippen LogP contribution in [0.1, 0.15) is 19.9 Å². The second kappa shape index (κ2) is 5.51. The van der Waals surface area contributed by atoms with Crippen LogP contribution in [0.25, 0.3) is 0 Å². The standard InChI is InChI=1S/C12H21N3O2/c1-10(2)15-8-11(6-13-15)17-9-12-7-14(3)4-5-16-12/h6,8,10,12H,4-5,7,9H2,1-3H3. The Morgan fingerprint density at radius 3 is 3.06 bits per heavy atom. The summed E-state index contributed by atoms with van der Waals surface area (Å²) in [4.78, 5) is 2.26. The van der Waals surface area contributed by atoms with Crippen molar-refractivity contribution >= 4 is 0 Å². The summed E-state index contributed by atoms with van der Waals surface area (Å²) in [6, 6.07) is 0.365. The van der Waals surface area contributed by atoms with Gasteiger partial charge in [-0.15, -0.1) is 0 Å². The number of hydrogen-bond acceptors (Lipinski definition) is 4. The van der Waals surface area contributed by atoms with Gasteiger partial charge in [-0.05, 0) is 20.9 Å². The first kappa shape index (κ1) is 12.4. The van der Waals surface area contributed by atoms with Crippen LogP contribution in [0.2, 0.25) is 0 Å². The van der Waals surface area contributed by atoms with Gasteiger partial charge < -0.3 is 14.4 Å². The van der Waals surface area contributed by atoms with Gasteiger partial charge in [0.2, 0.25) is 0 Å². The lowest BCUT2D eigenvalue weighted by atomic mass is 10.3. The highest BCUT2D eigenvalue weighted by Gasteiger charge is 2.18. The van der Waals surface area contributed by atoms with E-state index in [-0.39, 0.29) is 6.10 Å². The van der Waals surface area contributed by atoms with Crippen molar-refractivity contribution in [3.63, 3.8) is 0 Å². The number of aromatic nitrogens is 2. The van der Waals surface area contributed by atoms with Gasteiger partial charge in [-0.25, -0.2) is 0 Å². The fourth-order valence-electron chi connectivity index (χ4n) is 1.83. The van der Waals surface area contributed by atoms with Crippen molar-refractivity contribution in [1.82, 2.24) is 14.7 Å². The summed E-state index contributed by atoms with van der Waals surface area (Å²) in [5.74, 6) is 0.815. The van der Waals surface area contributed by atoms with Gasteiger partial charge in [0.1, 0.15) is 12.7 Å². The Morgan fingerprint density at radius 1 is 1.59 bits per heavy atom. The molecule has 2 heterocycles. The van der Waals surface area contributed by atoms with E-state index in [1.165, 1.54) is 0 Å². The molecule has 0 radical (unpaired) electrons. The molecule has 1 aliphatic rings. The smallest absolute Gasteiger partial charge is 0.157 e. The summed E-state index contributed by atoms with van der Waals surface area (Å²) in [6.07, 6.45) is 3.85. The van der Waals surface area contributed by atoms with Crippen molar-refractivity contribution in [1.29, 1.82) is 0 Å². The van der Waals surface area contributed by atoms with Crippen molar-refractivity contribution in [3.05, 3.63) is 12.4 Å². The molecule has 1 unspecified atom stereocenters. The highest BCUT2D eigenvalue weighted by molar-refractivity contribution is 5.12. The van der Waals surface area contributed by atoms with E-state index in [1.807, 2.05) is 10.9 Å². The Kier molecular flexibility index (Phi) is 4.02. The average molecular weight is 239 g/mol. The molecule has 96 valence electrons. The maximum atomic E-state index is 5.69. The van der Waals surface area contributed by atoms with E-state index in [2.05, 4.69) is 30.9 Å². The maximum absolute atomic E-state index is 5.69. The second-order valence-electron chi connectivity index (χ2n) is 4.82. The molecule has 1 aromatic heterocycles. The first-order chi connectivity index (χ1) is 8.15. The molecule has 1 saturated heterocycles. The van der Waals surface area contributed by atoms with Gasteiger partial charge in [-0.1, -0.05) is 0 Å². The largest absolute Gasteiger partial charge is 0.488 e. The average Bonchev–Trinajstić information content (AvgIpc) is 2.75. The first-order valence-electron chi connectivity index (χ1n) is 6.12. The van der Waals surface area contributed by atoms with Crippen LogP contribution in [0.4, 0.5) is 0 Å². The van der Waals surface area contributed by atoms with Gasteiger partial charge in [-0.3, -0.25) is 4.68 Å². The minimum Gasteiger partial charge on any atom is -0.488 e. The summed E-state index contributed by atoms with van der Waals surface area (Å²) >= 11 is 0. The van der Waals surface area contributed by atoms with E-state index >= 15 is 0 Å². The Bertz CT molecular complexity index is 351. The molecule has 5 heteroatoms. The van der Waals surface area contributed by atoms with Gasteiger partial charge in [0.15, 0.2) is 5.75 Å². The van der Waals surface area contributed by atoms with E-state index in [0.717, 1.165) is 25.4 Å². The molecule has 17 heavy (non-hydrogen) atoms.